The van der Waals surface area contributed by atoms with Crippen LogP contribution >= 0.6 is 15.9 Å². The Kier molecular flexibility index (Phi) is 2.87. The van der Waals surface area contributed by atoms with Crippen LogP contribution in [0.5, 0.6) is 0 Å². The molecular formula is C11H10BrN3. The molecule has 0 aliphatic heterocycles. The van der Waals surface area contributed by atoms with E-state index in [9.17, 15) is 0 Å². The number of pyridine rings is 1. The minimum absolute atomic E-state index is 0.648. The van der Waals surface area contributed by atoms with Gasteiger partial charge in [0, 0.05) is 16.4 Å². The van der Waals surface area contributed by atoms with Crippen LogP contribution < -0.4 is 11.1 Å². The maximum atomic E-state index is 5.63. The topological polar surface area (TPSA) is 50.9 Å². The molecule has 0 atom stereocenters. The third-order valence-corrected chi connectivity index (χ3v) is 2.37. The number of aromatic nitrogens is 1. The number of nitrogens with two attached hydrogens (primary N) is 1. The molecule has 1 aromatic heterocycles. The number of nitrogen functional groups attached to an aromatic ring is 1. The fraction of sp³-hybridized carbons (Fsp3) is 0. The fourth-order valence-electron chi connectivity index (χ4n) is 1.26. The minimum Gasteiger partial charge on any atom is -0.397 e. The van der Waals surface area contributed by atoms with Crippen LogP contribution in [0.4, 0.5) is 17.1 Å². The first kappa shape index (κ1) is 9.98. The van der Waals surface area contributed by atoms with Crippen molar-refractivity contribution in [3.63, 3.8) is 0 Å². The van der Waals surface area contributed by atoms with Crippen molar-refractivity contribution in [2.45, 2.75) is 0 Å². The molecule has 15 heavy (non-hydrogen) atoms. The van der Waals surface area contributed by atoms with Gasteiger partial charge in [-0.1, -0.05) is 22.0 Å². The Balaban J connectivity index is 2.22. The van der Waals surface area contributed by atoms with Gasteiger partial charge >= 0.3 is 0 Å². The van der Waals surface area contributed by atoms with Gasteiger partial charge in [0.15, 0.2) is 0 Å². The van der Waals surface area contributed by atoms with E-state index in [2.05, 4.69) is 26.2 Å². The number of nitrogens with zero attached hydrogens (tertiary/aromatic N) is 1. The summed E-state index contributed by atoms with van der Waals surface area (Å²) in [5, 5.41) is 3.21. The van der Waals surface area contributed by atoms with Gasteiger partial charge in [0.25, 0.3) is 0 Å². The molecule has 0 aliphatic carbocycles. The zero-order chi connectivity index (χ0) is 10.7. The van der Waals surface area contributed by atoms with Crippen LogP contribution in [-0.4, -0.2) is 4.98 Å². The molecule has 0 fully saturated rings. The lowest BCUT2D eigenvalue weighted by atomic mass is 10.3. The summed E-state index contributed by atoms with van der Waals surface area (Å²) in [4.78, 5) is 4.00. The van der Waals surface area contributed by atoms with Crippen LogP contribution in [0.15, 0.2) is 47.2 Å². The summed E-state index contributed by atoms with van der Waals surface area (Å²) in [6.45, 7) is 0. The molecular weight excluding hydrogens is 254 g/mol. The highest BCUT2D eigenvalue weighted by Crippen LogP contribution is 2.20. The maximum absolute atomic E-state index is 5.63. The standard InChI is InChI=1S/C11H10BrN3/c12-8-2-1-3-10(4-8)15-11-5-9(13)6-14-7-11/h1-7,15H,13H2. The van der Waals surface area contributed by atoms with E-state index in [1.807, 2.05) is 30.3 Å². The van der Waals surface area contributed by atoms with E-state index in [1.54, 1.807) is 12.4 Å². The molecule has 3 N–H and O–H groups in total. The SMILES string of the molecule is Nc1cncc(Nc2cccc(Br)c2)c1. The monoisotopic (exact) mass is 263 g/mol. The molecule has 0 aliphatic rings. The maximum Gasteiger partial charge on any atom is 0.0591 e. The normalized spacial score (nSPS) is 9.93. The Labute approximate surface area is 96.5 Å². The molecule has 1 aromatic carbocycles. The second-order valence-corrected chi connectivity index (χ2v) is 4.06. The molecule has 0 saturated heterocycles. The zero-order valence-corrected chi connectivity index (χ0v) is 9.53. The van der Waals surface area contributed by atoms with E-state index < -0.39 is 0 Å². The summed E-state index contributed by atoms with van der Waals surface area (Å²) in [5.74, 6) is 0. The van der Waals surface area contributed by atoms with Crippen LogP contribution in [0.3, 0.4) is 0 Å². The Bertz CT molecular complexity index is 427. The molecule has 0 unspecified atom stereocenters. The summed E-state index contributed by atoms with van der Waals surface area (Å²) in [6.07, 6.45) is 3.35. The highest BCUT2D eigenvalue weighted by molar-refractivity contribution is 9.10. The van der Waals surface area contributed by atoms with Crippen molar-refractivity contribution in [2.24, 2.45) is 0 Å². The molecule has 2 aromatic rings. The van der Waals surface area contributed by atoms with Crippen molar-refractivity contribution in [3.8, 4) is 0 Å². The number of halogens is 1. The van der Waals surface area contributed by atoms with Crippen LogP contribution in [-0.2, 0) is 0 Å². The zero-order valence-electron chi connectivity index (χ0n) is 7.94. The largest absolute Gasteiger partial charge is 0.397 e. The summed E-state index contributed by atoms with van der Waals surface area (Å²) < 4.78 is 1.03. The first-order chi connectivity index (χ1) is 7.24. The summed E-state index contributed by atoms with van der Waals surface area (Å²) >= 11 is 3.41. The molecule has 3 nitrogen and oxygen atoms in total. The molecule has 2 rings (SSSR count). The van der Waals surface area contributed by atoms with E-state index in [-0.39, 0.29) is 0 Å². The average Bonchev–Trinajstić information content (AvgIpc) is 2.17. The number of hydrogen-bond acceptors (Lipinski definition) is 3. The average molecular weight is 264 g/mol. The lowest BCUT2D eigenvalue weighted by molar-refractivity contribution is 1.32. The molecule has 76 valence electrons. The van der Waals surface area contributed by atoms with E-state index in [0.29, 0.717) is 5.69 Å². The minimum atomic E-state index is 0.648. The van der Waals surface area contributed by atoms with Crippen molar-refractivity contribution < 1.29 is 0 Å². The summed E-state index contributed by atoms with van der Waals surface area (Å²) in [7, 11) is 0. The first-order valence-corrected chi connectivity index (χ1v) is 5.26. The van der Waals surface area contributed by atoms with Gasteiger partial charge < -0.3 is 11.1 Å². The van der Waals surface area contributed by atoms with Gasteiger partial charge in [0.05, 0.1) is 17.6 Å². The Hall–Kier alpha value is -1.55. The molecule has 4 heteroatoms. The van der Waals surface area contributed by atoms with E-state index >= 15 is 0 Å². The molecule has 1 heterocycles. The number of rotatable bonds is 2. The van der Waals surface area contributed by atoms with Gasteiger partial charge in [0.1, 0.15) is 0 Å². The highest BCUT2D eigenvalue weighted by atomic mass is 79.9. The summed E-state index contributed by atoms with van der Waals surface area (Å²) in [6, 6.07) is 9.75. The lowest BCUT2D eigenvalue weighted by Gasteiger charge is -2.06. The fourth-order valence-corrected chi connectivity index (χ4v) is 1.66. The van der Waals surface area contributed by atoms with Crippen LogP contribution in [0, 0.1) is 0 Å². The van der Waals surface area contributed by atoms with E-state index in [0.717, 1.165) is 15.8 Å². The molecule has 0 amide bonds. The van der Waals surface area contributed by atoms with Gasteiger partial charge in [-0.2, -0.15) is 0 Å². The predicted molar refractivity (Wildman–Crippen MR) is 66.1 cm³/mol. The van der Waals surface area contributed by atoms with E-state index in [4.69, 9.17) is 5.73 Å². The molecule has 0 saturated carbocycles. The second-order valence-electron chi connectivity index (χ2n) is 3.14. The quantitative estimate of drug-likeness (QED) is 0.875. The third kappa shape index (κ3) is 2.70. The summed E-state index contributed by atoms with van der Waals surface area (Å²) in [5.41, 5.74) is 8.16. The first-order valence-electron chi connectivity index (χ1n) is 4.47. The van der Waals surface area contributed by atoms with Crippen LogP contribution in [0.25, 0.3) is 0 Å². The van der Waals surface area contributed by atoms with Gasteiger partial charge in [0.2, 0.25) is 0 Å². The van der Waals surface area contributed by atoms with E-state index in [1.165, 1.54) is 0 Å². The van der Waals surface area contributed by atoms with Crippen molar-refractivity contribution in [2.75, 3.05) is 11.1 Å². The number of nitrogens with one attached hydrogen (secondary N) is 1. The van der Waals surface area contributed by atoms with Crippen LogP contribution in [0.2, 0.25) is 0 Å². The van der Waals surface area contributed by atoms with Gasteiger partial charge in [-0.3, -0.25) is 4.98 Å². The Morgan fingerprint density at radius 2 is 2.00 bits per heavy atom. The molecule has 0 bridgehead atoms. The molecule has 0 spiro atoms. The Morgan fingerprint density at radius 1 is 1.13 bits per heavy atom. The highest BCUT2D eigenvalue weighted by Gasteiger charge is 1.96. The van der Waals surface area contributed by atoms with Crippen LogP contribution in [0.1, 0.15) is 0 Å². The third-order valence-electron chi connectivity index (χ3n) is 1.87. The smallest absolute Gasteiger partial charge is 0.0591 e. The van der Waals surface area contributed by atoms with Gasteiger partial charge in [-0.05, 0) is 24.3 Å². The number of hydrogen-bond donors (Lipinski definition) is 2. The lowest BCUT2D eigenvalue weighted by Crippen LogP contribution is -1.93. The predicted octanol–water partition coefficient (Wildman–Crippen LogP) is 3.17. The van der Waals surface area contributed by atoms with Gasteiger partial charge in [-0.15, -0.1) is 0 Å². The van der Waals surface area contributed by atoms with Crippen molar-refractivity contribution >= 4 is 33.0 Å². The van der Waals surface area contributed by atoms with Gasteiger partial charge in [-0.25, -0.2) is 0 Å². The van der Waals surface area contributed by atoms with Crippen molar-refractivity contribution in [3.05, 3.63) is 47.2 Å². The number of benzene rings is 1. The van der Waals surface area contributed by atoms with Crippen molar-refractivity contribution in [1.82, 2.24) is 4.98 Å². The molecule has 0 radical (unpaired) electrons. The number of anilines is 3. The second kappa shape index (κ2) is 4.31. The van der Waals surface area contributed by atoms with Crippen molar-refractivity contribution in [1.29, 1.82) is 0 Å². The Morgan fingerprint density at radius 3 is 2.73 bits per heavy atom.